The van der Waals surface area contributed by atoms with Crippen LogP contribution in [-0.2, 0) is 13.5 Å². The van der Waals surface area contributed by atoms with Crippen molar-refractivity contribution in [2.45, 2.75) is 19.4 Å². The Hall–Kier alpha value is -1.40. The Kier molecular flexibility index (Phi) is 5.00. The molecule has 1 atom stereocenters. The molecule has 21 heavy (non-hydrogen) atoms. The SMILES string of the molecule is CNC(Cc1c(Br)c(C)nn1C)c1ccc(OC)cc1F. The molecule has 1 N–H and O–H groups in total. The minimum atomic E-state index is -0.274. The zero-order chi connectivity index (χ0) is 15.6. The summed E-state index contributed by atoms with van der Waals surface area (Å²) < 4.78 is 22.1. The molecule has 2 rings (SSSR count). The first-order valence-corrected chi connectivity index (χ1v) is 7.45. The maximum atomic E-state index is 14.2. The van der Waals surface area contributed by atoms with Crippen molar-refractivity contribution in [1.29, 1.82) is 0 Å². The first-order chi connectivity index (χ1) is 9.97. The number of methoxy groups -OCH3 is 1. The van der Waals surface area contributed by atoms with Crippen LogP contribution in [0.4, 0.5) is 4.39 Å². The molecule has 0 amide bonds. The minimum absolute atomic E-state index is 0.137. The van der Waals surface area contributed by atoms with Crippen LogP contribution in [0.25, 0.3) is 0 Å². The average molecular weight is 356 g/mol. The Balaban J connectivity index is 2.32. The highest BCUT2D eigenvalue weighted by Gasteiger charge is 2.20. The molecule has 114 valence electrons. The predicted octanol–water partition coefficient (Wildman–Crippen LogP) is 3.14. The van der Waals surface area contributed by atoms with Gasteiger partial charge in [-0.25, -0.2) is 4.39 Å². The van der Waals surface area contributed by atoms with Crippen LogP contribution in [0.15, 0.2) is 22.7 Å². The molecule has 6 heteroatoms. The van der Waals surface area contributed by atoms with E-state index < -0.39 is 0 Å². The van der Waals surface area contributed by atoms with Crippen LogP contribution >= 0.6 is 15.9 Å². The van der Waals surface area contributed by atoms with Crippen LogP contribution in [0.1, 0.15) is 23.0 Å². The van der Waals surface area contributed by atoms with E-state index in [2.05, 4.69) is 26.3 Å². The zero-order valence-corrected chi connectivity index (χ0v) is 14.2. The van der Waals surface area contributed by atoms with E-state index in [9.17, 15) is 4.39 Å². The fourth-order valence-electron chi connectivity index (χ4n) is 2.38. The Bertz CT molecular complexity index is 642. The summed E-state index contributed by atoms with van der Waals surface area (Å²) in [6.07, 6.45) is 0.637. The van der Waals surface area contributed by atoms with Gasteiger partial charge in [-0.05, 0) is 36.0 Å². The van der Waals surface area contributed by atoms with Gasteiger partial charge in [0, 0.05) is 31.1 Å². The number of nitrogens with one attached hydrogen (secondary N) is 1. The van der Waals surface area contributed by atoms with Crippen molar-refractivity contribution in [2.75, 3.05) is 14.2 Å². The lowest BCUT2D eigenvalue weighted by Gasteiger charge is -2.18. The van der Waals surface area contributed by atoms with E-state index in [0.717, 1.165) is 15.9 Å². The second-order valence-electron chi connectivity index (χ2n) is 4.90. The van der Waals surface area contributed by atoms with E-state index >= 15 is 0 Å². The van der Waals surface area contributed by atoms with Crippen LogP contribution < -0.4 is 10.1 Å². The van der Waals surface area contributed by atoms with Gasteiger partial charge in [0.1, 0.15) is 11.6 Å². The van der Waals surface area contributed by atoms with Crippen molar-refractivity contribution < 1.29 is 9.13 Å². The van der Waals surface area contributed by atoms with Crippen molar-refractivity contribution in [1.82, 2.24) is 15.1 Å². The fourth-order valence-corrected chi connectivity index (χ4v) is 2.88. The van der Waals surface area contributed by atoms with Crippen LogP contribution in [0.2, 0.25) is 0 Å². The van der Waals surface area contributed by atoms with E-state index in [0.29, 0.717) is 17.7 Å². The normalized spacial score (nSPS) is 12.5. The smallest absolute Gasteiger partial charge is 0.131 e. The molecule has 0 bridgehead atoms. The van der Waals surface area contributed by atoms with E-state index in [1.807, 2.05) is 25.7 Å². The number of aromatic nitrogens is 2. The summed E-state index contributed by atoms with van der Waals surface area (Å²) in [6, 6.07) is 4.80. The van der Waals surface area contributed by atoms with E-state index in [1.54, 1.807) is 12.1 Å². The summed E-state index contributed by atoms with van der Waals surface area (Å²) in [4.78, 5) is 0. The van der Waals surface area contributed by atoms with Crippen LogP contribution in [0, 0.1) is 12.7 Å². The Labute approximate surface area is 132 Å². The second kappa shape index (κ2) is 6.58. The maximum absolute atomic E-state index is 14.2. The molecular formula is C15H19BrFN3O. The summed E-state index contributed by atoms with van der Waals surface area (Å²) in [5.74, 6) is 0.243. The van der Waals surface area contributed by atoms with Gasteiger partial charge in [-0.3, -0.25) is 4.68 Å². The molecule has 0 fully saturated rings. The summed E-state index contributed by atoms with van der Waals surface area (Å²) >= 11 is 3.55. The molecule has 4 nitrogen and oxygen atoms in total. The highest BCUT2D eigenvalue weighted by molar-refractivity contribution is 9.10. The number of hydrogen-bond donors (Lipinski definition) is 1. The molecule has 1 aromatic heterocycles. The Morgan fingerprint density at radius 2 is 2.19 bits per heavy atom. The molecule has 0 aliphatic carbocycles. The molecule has 1 aromatic carbocycles. The van der Waals surface area contributed by atoms with Gasteiger partial charge in [-0.1, -0.05) is 6.07 Å². The van der Waals surface area contributed by atoms with Crippen molar-refractivity contribution in [2.24, 2.45) is 7.05 Å². The highest BCUT2D eigenvalue weighted by atomic mass is 79.9. The first kappa shape index (κ1) is 16.0. The minimum Gasteiger partial charge on any atom is -0.497 e. The molecule has 0 aliphatic rings. The molecule has 0 saturated carbocycles. The molecule has 1 heterocycles. The molecule has 0 radical (unpaired) electrons. The summed E-state index contributed by atoms with van der Waals surface area (Å²) in [5.41, 5.74) is 2.57. The van der Waals surface area contributed by atoms with E-state index in [1.165, 1.54) is 13.2 Å². The van der Waals surface area contributed by atoms with Crippen molar-refractivity contribution in [3.8, 4) is 5.75 Å². The van der Waals surface area contributed by atoms with Crippen LogP contribution in [0.5, 0.6) is 5.75 Å². The number of nitrogens with zero attached hydrogens (tertiary/aromatic N) is 2. The van der Waals surface area contributed by atoms with Gasteiger partial charge in [0.2, 0.25) is 0 Å². The third-order valence-corrected chi connectivity index (χ3v) is 4.62. The van der Waals surface area contributed by atoms with Gasteiger partial charge in [-0.15, -0.1) is 0 Å². The third kappa shape index (κ3) is 3.27. The molecule has 0 spiro atoms. The lowest BCUT2D eigenvalue weighted by Crippen LogP contribution is -2.21. The van der Waals surface area contributed by atoms with Gasteiger partial charge in [0.05, 0.1) is 23.0 Å². The monoisotopic (exact) mass is 355 g/mol. The maximum Gasteiger partial charge on any atom is 0.131 e. The quantitative estimate of drug-likeness (QED) is 0.895. The molecule has 0 saturated heterocycles. The number of likely N-dealkylation sites (N-methyl/N-ethyl adjacent to an activating group) is 1. The topological polar surface area (TPSA) is 39.1 Å². The Morgan fingerprint density at radius 3 is 2.67 bits per heavy atom. The van der Waals surface area contributed by atoms with Crippen LogP contribution in [0.3, 0.4) is 0 Å². The number of aryl methyl sites for hydroxylation is 2. The van der Waals surface area contributed by atoms with Gasteiger partial charge < -0.3 is 10.1 Å². The largest absolute Gasteiger partial charge is 0.497 e. The van der Waals surface area contributed by atoms with E-state index in [-0.39, 0.29) is 11.9 Å². The van der Waals surface area contributed by atoms with Gasteiger partial charge in [0.25, 0.3) is 0 Å². The predicted molar refractivity (Wildman–Crippen MR) is 84.1 cm³/mol. The van der Waals surface area contributed by atoms with Gasteiger partial charge >= 0.3 is 0 Å². The lowest BCUT2D eigenvalue weighted by molar-refractivity contribution is 0.409. The van der Waals surface area contributed by atoms with Gasteiger partial charge in [-0.2, -0.15) is 5.10 Å². The first-order valence-electron chi connectivity index (χ1n) is 6.66. The van der Waals surface area contributed by atoms with Crippen molar-refractivity contribution in [3.05, 3.63) is 45.4 Å². The van der Waals surface area contributed by atoms with Gasteiger partial charge in [0.15, 0.2) is 0 Å². The third-order valence-electron chi connectivity index (χ3n) is 3.59. The lowest BCUT2D eigenvalue weighted by atomic mass is 10.0. The molecular weight excluding hydrogens is 337 g/mol. The number of halogens is 2. The Morgan fingerprint density at radius 1 is 1.48 bits per heavy atom. The van der Waals surface area contributed by atoms with Crippen molar-refractivity contribution >= 4 is 15.9 Å². The van der Waals surface area contributed by atoms with Crippen molar-refractivity contribution in [3.63, 3.8) is 0 Å². The number of benzene rings is 1. The zero-order valence-electron chi connectivity index (χ0n) is 12.6. The van der Waals surface area contributed by atoms with E-state index in [4.69, 9.17) is 4.74 Å². The van der Waals surface area contributed by atoms with Crippen LogP contribution in [-0.4, -0.2) is 23.9 Å². The summed E-state index contributed by atoms with van der Waals surface area (Å²) in [5, 5.41) is 7.54. The molecule has 1 unspecified atom stereocenters. The number of rotatable bonds is 5. The number of ether oxygens (including phenoxy) is 1. The molecule has 0 aliphatic heterocycles. The molecule has 2 aromatic rings. The summed E-state index contributed by atoms with van der Waals surface area (Å²) in [7, 11) is 5.25. The average Bonchev–Trinajstić information content (AvgIpc) is 2.70. The number of hydrogen-bond acceptors (Lipinski definition) is 3. The second-order valence-corrected chi connectivity index (χ2v) is 5.70. The fraction of sp³-hybridized carbons (Fsp3) is 0.400. The highest BCUT2D eigenvalue weighted by Crippen LogP contribution is 2.28. The standard InChI is InChI=1S/C15H19BrFN3O/c1-9-15(16)14(20(3)19-9)8-13(18-2)11-6-5-10(21-4)7-12(11)17/h5-7,13,18H,8H2,1-4H3. The summed E-state index contributed by atoms with van der Waals surface area (Å²) in [6.45, 7) is 1.94.